The third kappa shape index (κ3) is 7.38. The van der Waals surface area contributed by atoms with Gasteiger partial charge in [0.2, 0.25) is 5.91 Å². The SMILES string of the molecule is CCOC(=O)CCC(C)NC(=O)C1CCNCC1.Cl. The molecule has 0 spiro atoms. The molecule has 5 nitrogen and oxygen atoms in total. The molecule has 0 saturated carbocycles. The highest BCUT2D eigenvalue weighted by molar-refractivity contribution is 5.85. The fraction of sp³-hybridized carbons (Fsp3) is 0.846. The van der Waals surface area contributed by atoms with Gasteiger partial charge in [-0.15, -0.1) is 12.4 Å². The molecule has 2 N–H and O–H groups in total. The number of piperidine rings is 1. The van der Waals surface area contributed by atoms with Gasteiger partial charge in [-0.3, -0.25) is 9.59 Å². The molecule has 0 aromatic carbocycles. The highest BCUT2D eigenvalue weighted by atomic mass is 35.5. The number of ether oxygens (including phenoxy) is 1. The Hall–Kier alpha value is -0.810. The highest BCUT2D eigenvalue weighted by Crippen LogP contribution is 2.12. The van der Waals surface area contributed by atoms with Crippen molar-refractivity contribution in [1.82, 2.24) is 10.6 Å². The number of esters is 1. The lowest BCUT2D eigenvalue weighted by Crippen LogP contribution is -2.41. The molecule has 1 fully saturated rings. The molecule has 6 heteroatoms. The summed E-state index contributed by atoms with van der Waals surface area (Å²) in [5.41, 5.74) is 0. The van der Waals surface area contributed by atoms with Crippen LogP contribution in [0.4, 0.5) is 0 Å². The molecule has 1 unspecified atom stereocenters. The zero-order valence-electron chi connectivity index (χ0n) is 11.7. The summed E-state index contributed by atoms with van der Waals surface area (Å²) in [6.07, 6.45) is 2.80. The molecule has 0 aliphatic carbocycles. The molecule has 0 bridgehead atoms. The van der Waals surface area contributed by atoms with Gasteiger partial charge >= 0.3 is 5.97 Å². The summed E-state index contributed by atoms with van der Waals surface area (Å²) in [6.45, 7) is 5.96. The van der Waals surface area contributed by atoms with Gasteiger partial charge in [-0.1, -0.05) is 0 Å². The molecule has 0 aromatic heterocycles. The van der Waals surface area contributed by atoms with E-state index in [1.165, 1.54) is 0 Å². The van der Waals surface area contributed by atoms with E-state index in [0.717, 1.165) is 25.9 Å². The van der Waals surface area contributed by atoms with Gasteiger partial charge in [0.15, 0.2) is 0 Å². The number of hydrogen-bond donors (Lipinski definition) is 2. The first kappa shape index (κ1) is 18.2. The molecule has 1 aliphatic heterocycles. The Morgan fingerprint density at radius 1 is 1.37 bits per heavy atom. The Morgan fingerprint density at radius 2 is 2.00 bits per heavy atom. The third-order valence-corrected chi connectivity index (χ3v) is 3.19. The minimum Gasteiger partial charge on any atom is -0.466 e. The smallest absolute Gasteiger partial charge is 0.305 e. The van der Waals surface area contributed by atoms with Crippen LogP contribution in [0.25, 0.3) is 0 Å². The maximum absolute atomic E-state index is 11.9. The fourth-order valence-electron chi connectivity index (χ4n) is 2.08. The van der Waals surface area contributed by atoms with Crippen LogP contribution >= 0.6 is 12.4 Å². The van der Waals surface area contributed by atoms with Crippen molar-refractivity contribution in [3.8, 4) is 0 Å². The second kappa shape index (κ2) is 10.0. The summed E-state index contributed by atoms with van der Waals surface area (Å²) in [4.78, 5) is 23.1. The van der Waals surface area contributed by atoms with Crippen molar-refractivity contribution in [3.05, 3.63) is 0 Å². The van der Waals surface area contributed by atoms with Gasteiger partial charge in [-0.05, 0) is 46.2 Å². The van der Waals surface area contributed by atoms with Crippen LogP contribution in [0.15, 0.2) is 0 Å². The number of halogens is 1. The van der Waals surface area contributed by atoms with Crippen LogP contribution in [0.3, 0.4) is 0 Å². The minimum atomic E-state index is -0.194. The molecule has 1 atom stereocenters. The molecule has 1 rings (SSSR count). The lowest BCUT2D eigenvalue weighted by molar-refractivity contribution is -0.143. The Balaban J connectivity index is 0.00000324. The first-order valence-electron chi connectivity index (χ1n) is 6.80. The standard InChI is InChI=1S/C13H24N2O3.ClH/c1-3-18-12(16)5-4-10(2)15-13(17)11-6-8-14-9-7-11;/h10-11,14H,3-9H2,1-2H3,(H,15,17);1H. The number of hydrogen-bond acceptors (Lipinski definition) is 4. The molecule has 0 aromatic rings. The lowest BCUT2D eigenvalue weighted by atomic mass is 9.97. The maximum atomic E-state index is 11.9. The van der Waals surface area contributed by atoms with Crippen LogP contribution < -0.4 is 10.6 Å². The summed E-state index contributed by atoms with van der Waals surface area (Å²) in [5, 5.41) is 6.21. The van der Waals surface area contributed by atoms with E-state index in [1.807, 2.05) is 6.92 Å². The molecular weight excluding hydrogens is 268 g/mol. The van der Waals surface area contributed by atoms with Crippen LogP contribution in [0.5, 0.6) is 0 Å². The first-order valence-corrected chi connectivity index (χ1v) is 6.80. The van der Waals surface area contributed by atoms with Crippen molar-refractivity contribution >= 4 is 24.3 Å². The minimum absolute atomic E-state index is 0. The summed E-state index contributed by atoms with van der Waals surface area (Å²) >= 11 is 0. The van der Waals surface area contributed by atoms with E-state index in [9.17, 15) is 9.59 Å². The van der Waals surface area contributed by atoms with Crippen LogP contribution in [0.1, 0.15) is 39.5 Å². The molecule has 1 aliphatic rings. The highest BCUT2D eigenvalue weighted by Gasteiger charge is 2.22. The van der Waals surface area contributed by atoms with Gasteiger partial charge in [0, 0.05) is 18.4 Å². The van der Waals surface area contributed by atoms with E-state index in [4.69, 9.17) is 4.74 Å². The van der Waals surface area contributed by atoms with Crippen molar-refractivity contribution in [2.24, 2.45) is 5.92 Å². The molecule has 1 saturated heterocycles. The van der Waals surface area contributed by atoms with Gasteiger partial charge in [0.05, 0.1) is 6.61 Å². The number of amides is 1. The van der Waals surface area contributed by atoms with Gasteiger partial charge in [-0.2, -0.15) is 0 Å². The largest absolute Gasteiger partial charge is 0.466 e. The molecule has 1 amide bonds. The van der Waals surface area contributed by atoms with Crippen molar-refractivity contribution < 1.29 is 14.3 Å². The number of rotatable bonds is 6. The second-order valence-corrected chi connectivity index (χ2v) is 4.78. The van der Waals surface area contributed by atoms with Crippen LogP contribution in [0, 0.1) is 5.92 Å². The normalized spacial score (nSPS) is 17.2. The average Bonchev–Trinajstić information content (AvgIpc) is 2.38. The van der Waals surface area contributed by atoms with Crippen LogP contribution in [0.2, 0.25) is 0 Å². The van der Waals surface area contributed by atoms with E-state index in [2.05, 4.69) is 10.6 Å². The van der Waals surface area contributed by atoms with Gasteiger partial charge in [-0.25, -0.2) is 0 Å². The Kier molecular flexibility index (Phi) is 9.61. The van der Waals surface area contributed by atoms with Gasteiger partial charge in [0.25, 0.3) is 0 Å². The fourth-order valence-corrected chi connectivity index (χ4v) is 2.08. The summed E-state index contributed by atoms with van der Waals surface area (Å²) in [6, 6.07) is 0.0248. The number of carbonyl (C=O) groups is 2. The van der Waals surface area contributed by atoms with Crippen molar-refractivity contribution in [1.29, 1.82) is 0 Å². The molecule has 19 heavy (non-hydrogen) atoms. The van der Waals surface area contributed by atoms with Gasteiger partial charge in [0.1, 0.15) is 0 Å². The van der Waals surface area contributed by atoms with E-state index < -0.39 is 0 Å². The molecule has 0 radical (unpaired) electrons. The summed E-state index contributed by atoms with van der Waals surface area (Å²) in [5.74, 6) is 0.0459. The van der Waals surface area contributed by atoms with E-state index in [-0.39, 0.29) is 36.2 Å². The van der Waals surface area contributed by atoms with Gasteiger partial charge < -0.3 is 15.4 Å². The third-order valence-electron chi connectivity index (χ3n) is 3.19. The predicted octanol–water partition coefficient (Wildman–Crippen LogP) is 1.26. The topological polar surface area (TPSA) is 67.4 Å². The summed E-state index contributed by atoms with van der Waals surface area (Å²) < 4.78 is 4.85. The number of carbonyl (C=O) groups excluding carboxylic acids is 2. The average molecular weight is 293 g/mol. The number of nitrogens with one attached hydrogen (secondary N) is 2. The van der Waals surface area contributed by atoms with E-state index >= 15 is 0 Å². The van der Waals surface area contributed by atoms with E-state index in [1.54, 1.807) is 6.92 Å². The van der Waals surface area contributed by atoms with E-state index in [0.29, 0.717) is 19.4 Å². The monoisotopic (exact) mass is 292 g/mol. The first-order chi connectivity index (χ1) is 8.63. The zero-order valence-corrected chi connectivity index (χ0v) is 12.6. The van der Waals surface area contributed by atoms with Crippen molar-refractivity contribution in [2.45, 2.75) is 45.6 Å². The quantitative estimate of drug-likeness (QED) is 0.723. The second-order valence-electron chi connectivity index (χ2n) is 4.78. The predicted molar refractivity (Wildman–Crippen MR) is 76.3 cm³/mol. The Labute approximate surface area is 121 Å². The van der Waals surface area contributed by atoms with Crippen molar-refractivity contribution in [3.63, 3.8) is 0 Å². The molecule has 1 heterocycles. The molecule has 112 valence electrons. The zero-order chi connectivity index (χ0) is 13.4. The Morgan fingerprint density at radius 3 is 2.58 bits per heavy atom. The Bertz CT molecular complexity index is 281. The lowest BCUT2D eigenvalue weighted by Gasteiger charge is -2.23. The van der Waals surface area contributed by atoms with Crippen LogP contribution in [-0.2, 0) is 14.3 Å². The molecular formula is C13H25ClN2O3. The van der Waals surface area contributed by atoms with Crippen molar-refractivity contribution in [2.75, 3.05) is 19.7 Å². The van der Waals surface area contributed by atoms with Crippen LogP contribution in [-0.4, -0.2) is 37.6 Å². The maximum Gasteiger partial charge on any atom is 0.305 e. The summed E-state index contributed by atoms with van der Waals surface area (Å²) in [7, 11) is 0.